The fraction of sp³-hybridized carbons (Fsp3) is 0.588. The molecule has 0 heterocycles. The second-order valence-electron chi connectivity index (χ2n) is 8.28. The largest absolute Gasteiger partial charge is 0.358 e. The lowest BCUT2D eigenvalue weighted by Gasteiger charge is -2.32. The van der Waals surface area contributed by atoms with Crippen LogP contribution in [0.1, 0.15) is 39.2 Å². The number of hydrogen-bond donors (Lipinski definition) is 2. The molecule has 3 N–H and O–H groups in total. The molecule has 1 aliphatic carbocycles. The SMILES string of the molecule is CNC(=O)C1(c2ccc(S(N)(=O)=N[Si](C)(C)C(C)(C)C)c(F)c2)CC1. The van der Waals surface area contributed by atoms with Crippen molar-refractivity contribution in [1.82, 2.24) is 5.32 Å². The van der Waals surface area contributed by atoms with Crippen LogP contribution in [-0.4, -0.2) is 25.4 Å². The zero-order valence-corrected chi connectivity index (χ0v) is 17.6. The van der Waals surface area contributed by atoms with Crippen molar-refractivity contribution < 1.29 is 13.4 Å². The van der Waals surface area contributed by atoms with Crippen molar-refractivity contribution in [3.63, 3.8) is 0 Å². The van der Waals surface area contributed by atoms with Gasteiger partial charge in [0, 0.05) is 7.05 Å². The standard InChI is InChI=1S/C17H28FN3O2SSi/c1-16(2,3)25(5,6)21-24(19,23)14-8-7-12(11-13(14)18)17(9-10-17)15(22)20-4/h7-8,11H,9-10H2,1-6H3,(H,20,22)(H2,19,21,23). The minimum atomic E-state index is -3.34. The molecule has 1 aromatic carbocycles. The first-order chi connectivity index (χ1) is 11.3. The second-order valence-corrected chi connectivity index (χ2v) is 15.2. The van der Waals surface area contributed by atoms with Crippen LogP contribution in [0, 0.1) is 5.82 Å². The Morgan fingerprint density at radius 1 is 1.36 bits per heavy atom. The first-order valence-electron chi connectivity index (χ1n) is 8.35. The Bertz CT molecular complexity index is 820. The van der Waals surface area contributed by atoms with Crippen molar-refractivity contribution in [2.24, 2.45) is 9.17 Å². The summed E-state index contributed by atoms with van der Waals surface area (Å²) in [4.78, 5) is 12.0. The Labute approximate surface area is 151 Å². The maximum Gasteiger partial charge on any atom is 0.230 e. The van der Waals surface area contributed by atoms with E-state index in [-0.39, 0.29) is 15.8 Å². The summed E-state index contributed by atoms with van der Waals surface area (Å²) in [5.41, 5.74) is -0.0733. The summed E-state index contributed by atoms with van der Waals surface area (Å²) >= 11 is 0. The number of nitrogens with zero attached hydrogens (tertiary/aromatic N) is 1. The van der Waals surface area contributed by atoms with Gasteiger partial charge in [-0.25, -0.2) is 13.7 Å². The molecule has 0 bridgehead atoms. The molecule has 1 aliphatic rings. The maximum atomic E-state index is 14.7. The summed E-state index contributed by atoms with van der Waals surface area (Å²) in [6, 6.07) is 4.35. The van der Waals surface area contributed by atoms with E-state index in [0.29, 0.717) is 18.4 Å². The molecule has 0 aliphatic heterocycles. The summed E-state index contributed by atoms with van der Waals surface area (Å²) in [5.74, 6) is -0.790. The zero-order chi connectivity index (χ0) is 19.3. The van der Waals surface area contributed by atoms with E-state index in [1.807, 2.05) is 33.9 Å². The average Bonchev–Trinajstić information content (AvgIpc) is 3.25. The van der Waals surface area contributed by atoms with Crippen LogP contribution in [0.3, 0.4) is 0 Å². The zero-order valence-electron chi connectivity index (χ0n) is 15.8. The topological polar surface area (TPSA) is 84.5 Å². The average molecular weight is 386 g/mol. The number of benzene rings is 1. The van der Waals surface area contributed by atoms with Gasteiger partial charge in [-0.1, -0.05) is 26.8 Å². The van der Waals surface area contributed by atoms with Gasteiger partial charge in [0.15, 0.2) is 8.24 Å². The predicted octanol–water partition coefficient (Wildman–Crippen LogP) is 3.31. The third-order valence-electron chi connectivity index (χ3n) is 5.41. The minimum Gasteiger partial charge on any atom is -0.358 e. The highest BCUT2D eigenvalue weighted by atomic mass is 32.2. The van der Waals surface area contributed by atoms with Crippen LogP contribution in [0.15, 0.2) is 27.1 Å². The van der Waals surface area contributed by atoms with Crippen molar-refractivity contribution in [3.05, 3.63) is 29.6 Å². The van der Waals surface area contributed by atoms with E-state index in [0.717, 1.165) is 0 Å². The molecule has 1 atom stereocenters. The van der Waals surface area contributed by atoms with Gasteiger partial charge in [-0.3, -0.25) is 8.82 Å². The molecule has 1 saturated carbocycles. The summed E-state index contributed by atoms with van der Waals surface area (Å²) in [6.45, 7) is 10.0. The van der Waals surface area contributed by atoms with Gasteiger partial charge < -0.3 is 5.32 Å². The Balaban J connectivity index is 2.49. The van der Waals surface area contributed by atoms with Crippen LogP contribution < -0.4 is 10.5 Å². The normalized spacial score (nSPS) is 19.0. The van der Waals surface area contributed by atoms with Crippen LogP contribution in [0.2, 0.25) is 18.1 Å². The molecular weight excluding hydrogens is 357 g/mol. The van der Waals surface area contributed by atoms with E-state index in [2.05, 4.69) is 9.35 Å². The number of carbonyl (C=O) groups is 1. The molecule has 1 amide bonds. The summed E-state index contributed by atoms with van der Waals surface area (Å²) in [5, 5.41) is 8.43. The molecule has 0 spiro atoms. The van der Waals surface area contributed by atoms with E-state index >= 15 is 0 Å². The minimum absolute atomic E-state index is 0.0891. The number of nitrogens with one attached hydrogen (secondary N) is 1. The van der Waals surface area contributed by atoms with Crippen LogP contribution >= 0.6 is 0 Å². The molecule has 1 fully saturated rings. The number of halogens is 1. The quantitative estimate of drug-likeness (QED) is 0.779. The summed E-state index contributed by atoms with van der Waals surface area (Å²) < 4.78 is 32.1. The highest BCUT2D eigenvalue weighted by molar-refractivity contribution is 7.92. The Morgan fingerprint density at radius 3 is 2.32 bits per heavy atom. The van der Waals surface area contributed by atoms with Gasteiger partial charge in [-0.2, -0.15) is 0 Å². The molecule has 1 aromatic rings. The van der Waals surface area contributed by atoms with E-state index in [1.54, 1.807) is 13.1 Å². The summed E-state index contributed by atoms with van der Waals surface area (Å²) in [6.07, 6.45) is 1.36. The molecule has 2 rings (SSSR count). The first kappa shape index (κ1) is 20.1. The van der Waals surface area contributed by atoms with E-state index in [4.69, 9.17) is 5.14 Å². The monoisotopic (exact) mass is 385 g/mol. The maximum absolute atomic E-state index is 14.7. The predicted molar refractivity (Wildman–Crippen MR) is 102 cm³/mol. The lowest BCUT2D eigenvalue weighted by atomic mass is 9.95. The Morgan fingerprint density at radius 2 is 1.92 bits per heavy atom. The molecule has 5 nitrogen and oxygen atoms in total. The fourth-order valence-electron chi connectivity index (χ4n) is 2.57. The number of carbonyl (C=O) groups excluding carboxylic acids is 1. The van der Waals surface area contributed by atoms with E-state index < -0.39 is 29.4 Å². The highest BCUT2D eigenvalue weighted by Gasteiger charge is 2.51. The molecule has 25 heavy (non-hydrogen) atoms. The first-order valence-corrected chi connectivity index (χ1v) is 12.9. The van der Waals surface area contributed by atoms with E-state index in [1.165, 1.54) is 12.1 Å². The number of rotatable bonds is 4. The highest BCUT2D eigenvalue weighted by Crippen LogP contribution is 2.48. The van der Waals surface area contributed by atoms with Gasteiger partial charge in [0.05, 0.1) is 10.3 Å². The number of amides is 1. The molecule has 140 valence electrons. The van der Waals surface area contributed by atoms with Gasteiger partial charge in [0.25, 0.3) is 0 Å². The van der Waals surface area contributed by atoms with Gasteiger partial charge in [-0.15, -0.1) is 0 Å². The van der Waals surface area contributed by atoms with Crippen molar-refractivity contribution >= 4 is 24.1 Å². The van der Waals surface area contributed by atoms with Crippen molar-refractivity contribution in [2.75, 3.05) is 7.05 Å². The van der Waals surface area contributed by atoms with E-state index in [9.17, 15) is 13.4 Å². The lowest BCUT2D eigenvalue weighted by molar-refractivity contribution is -0.123. The number of likely N-dealkylation sites (N-methyl/N-ethyl adjacent to an activating group) is 1. The van der Waals surface area contributed by atoms with Crippen molar-refractivity contribution in [1.29, 1.82) is 0 Å². The summed E-state index contributed by atoms with van der Waals surface area (Å²) in [7, 11) is -4.08. The third-order valence-corrected chi connectivity index (χ3v) is 13.0. The van der Waals surface area contributed by atoms with Gasteiger partial charge in [-0.05, 0) is 48.7 Å². The van der Waals surface area contributed by atoms with Gasteiger partial charge in [0.1, 0.15) is 15.7 Å². The molecular formula is C17H28FN3O2SSi. The molecule has 0 saturated heterocycles. The van der Waals surface area contributed by atoms with Gasteiger partial charge in [0.2, 0.25) is 5.91 Å². The van der Waals surface area contributed by atoms with Gasteiger partial charge >= 0.3 is 0 Å². The van der Waals surface area contributed by atoms with Crippen LogP contribution in [0.5, 0.6) is 0 Å². The molecule has 1 unspecified atom stereocenters. The molecule has 0 aromatic heterocycles. The fourth-order valence-corrected chi connectivity index (χ4v) is 7.37. The van der Waals surface area contributed by atoms with Crippen LogP contribution in [0.4, 0.5) is 4.39 Å². The van der Waals surface area contributed by atoms with Crippen molar-refractivity contribution in [2.45, 2.75) is 62.1 Å². The lowest BCUT2D eigenvalue weighted by Crippen LogP contribution is -2.37. The number of hydrogen-bond acceptors (Lipinski definition) is 3. The smallest absolute Gasteiger partial charge is 0.230 e. The van der Waals surface area contributed by atoms with Crippen LogP contribution in [0.25, 0.3) is 0 Å². The molecule has 8 heteroatoms. The van der Waals surface area contributed by atoms with Crippen LogP contribution in [-0.2, 0) is 20.1 Å². The van der Waals surface area contributed by atoms with Crippen molar-refractivity contribution in [3.8, 4) is 0 Å². The Hall–Kier alpha value is -1.25. The number of nitrogens with two attached hydrogens (primary N) is 1. The molecule has 0 radical (unpaired) electrons. The second kappa shape index (κ2) is 6.17. The third kappa shape index (κ3) is 3.66. The Kier molecular flexibility index (Phi) is 4.95.